The third-order valence-corrected chi connectivity index (χ3v) is 2.71. The summed E-state index contributed by atoms with van der Waals surface area (Å²) in [6.07, 6.45) is 2.06. The average molecular weight is 268 g/mol. The van der Waals surface area contributed by atoms with E-state index in [9.17, 15) is 9.59 Å². The zero-order chi connectivity index (χ0) is 13.0. The number of benzene rings is 1. The highest BCUT2D eigenvalue weighted by molar-refractivity contribution is 6.30. The van der Waals surface area contributed by atoms with E-state index in [4.69, 9.17) is 11.6 Å². The average Bonchev–Trinajstić information content (AvgIpc) is 3.13. The highest BCUT2D eigenvalue weighted by atomic mass is 35.5. The van der Waals surface area contributed by atoms with Gasteiger partial charge in [-0.15, -0.1) is 0 Å². The third-order valence-electron chi connectivity index (χ3n) is 2.45. The minimum atomic E-state index is -0.414. The van der Waals surface area contributed by atoms with Crippen LogP contribution in [0.15, 0.2) is 24.3 Å². The van der Waals surface area contributed by atoms with Crippen LogP contribution >= 0.6 is 11.6 Å². The fraction of sp³-hybridized carbons (Fsp3) is 0.333. The van der Waals surface area contributed by atoms with Crippen LogP contribution in [0, 0.1) is 0 Å². The van der Waals surface area contributed by atoms with Gasteiger partial charge >= 0.3 is 6.03 Å². The first kappa shape index (κ1) is 12.7. The molecule has 96 valence electrons. The number of urea groups is 1. The van der Waals surface area contributed by atoms with Gasteiger partial charge in [-0.2, -0.15) is 0 Å². The SMILES string of the molecule is O=C(CNC(=O)Nc1ccc(Cl)cc1)NC1CC1. The van der Waals surface area contributed by atoms with Crippen molar-refractivity contribution in [3.8, 4) is 0 Å². The summed E-state index contributed by atoms with van der Waals surface area (Å²) in [6, 6.07) is 6.62. The van der Waals surface area contributed by atoms with E-state index >= 15 is 0 Å². The molecule has 1 aliphatic carbocycles. The lowest BCUT2D eigenvalue weighted by atomic mass is 10.3. The molecule has 1 aliphatic rings. The summed E-state index contributed by atoms with van der Waals surface area (Å²) in [5.41, 5.74) is 0.625. The minimum Gasteiger partial charge on any atom is -0.352 e. The molecule has 5 nitrogen and oxygen atoms in total. The number of carbonyl (C=O) groups excluding carboxylic acids is 2. The quantitative estimate of drug-likeness (QED) is 0.778. The summed E-state index contributed by atoms with van der Waals surface area (Å²) in [5.74, 6) is -0.163. The van der Waals surface area contributed by atoms with Crippen LogP contribution in [0.2, 0.25) is 5.02 Å². The second kappa shape index (κ2) is 5.73. The minimum absolute atomic E-state index is 0.0179. The molecule has 6 heteroatoms. The van der Waals surface area contributed by atoms with E-state index in [1.54, 1.807) is 24.3 Å². The van der Waals surface area contributed by atoms with E-state index in [0.29, 0.717) is 16.8 Å². The standard InChI is InChI=1S/C12H14ClN3O2/c13-8-1-3-10(4-2-8)16-12(18)14-7-11(17)15-9-5-6-9/h1-4,9H,5-7H2,(H,15,17)(H2,14,16,18). The Morgan fingerprint density at radius 3 is 2.50 bits per heavy atom. The molecule has 0 spiro atoms. The Morgan fingerprint density at radius 2 is 1.89 bits per heavy atom. The molecule has 0 aliphatic heterocycles. The molecule has 0 saturated heterocycles. The first-order valence-corrected chi connectivity index (χ1v) is 6.11. The van der Waals surface area contributed by atoms with Crippen molar-refractivity contribution in [2.24, 2.45) is 0 Å². The molecule has 1 aromatic rings. The lowest BCUT2D eigenvalue weighted by Crippen LogP contribution is -2.39. The van der Waals surface area contributed by atoms with Crippen LogP contribution in [-0.4, -0.2) is 24.5 Å². The highest BCUT2D eigenvalue weighted by Crippen LogP contribution is 2.18. The van der Waals surface area contributed by atoms with Crippen molar-refractivity contribution in [2.45, 2.75) is 18.9 Å². The summed E-state index contributed by atoms with van der Waals surface area (Å²) >= 11 is 5.72. The molecule has 0 heterocycles. The van der Waals surface area contributed by atoms with Crippen LogP contribution in [0.1, 0.15) is 12.8 Å². The van der Waals surface area contributed by atoms with E-state index in [1.165, 1.54) is 0 Å². The van der Waals surface area contributed by atoms with Crippen molar-refractivity contribution in [3.05, 3.63) is 29.3 Å². The second-order valence-corrected chi connectivity index (χ2v) is 4.59. The van der Waals surface area contributed by atoms with Crippen molar-refractivity contribution in [1.29, 1.82) is 0 Å². The maximum Gasteiger partial charge on any atom is 0.319 e. The first-order valence-electron chi connectivity index (χ1n) is 5.73. The molecular weight excluding hydrogens is 254 g/mol. The van der Waals surface area contributed by atoms with E-state index in [2.05, 4.69) is 16.0 Å². The fourth-order valence-electron chi connectivity index (χ4n) is 1.38. The van der Waals surface area contributed by atoms with Gasteiger partial charge < -0.3 is 16.0 Å². The maximum absolute atomic E-state index is 11.5. The largest absolute Gasteiger partial charge is 0.352 e. The smallest absolute Gasteiger partial charge is 0.319 e. The predicted octanol–water partition coefficient (Wildman–Crippen LogP) is 1.74. The van der Waals surface area contributed by atoms with Crippen molar-refractivity contribution in [2.75, 3.05) is 11.9 Å². The van der Waals surface area contributed by atoms with E-state index < -0.39 is 6.03 Å². The van der Waals surface area contributed by atoms with E-state index in [0.717, 1.165) is 12.8 Å². The molecule has 0 bridgehead atoms. The number of carbonyl (C=O) groups is 2. The number of nitrogens with one attached hydrogen (secondary N) is 3. The van der Waals surface area contributed by atoms with Crippen molar-refractivity contribution >= 4 is 29.2 Å². The monoisotopic (exact) mass is 267 g/mol. The van der Waals surface area contributed by atoms with Gasteiger partial charge in [0.05, 0.1) is 6.54 Å². The summed E-state index contributed by atoms with van der Waals surface area (Å²) < 4.78 is 0. The number of rotatable bonds is 4. The first-order chi connectivity index (χ1) is 8.63. The van der Waals surface area contributed by atoms with Gasteiger partial charge in [-0.3, -0.25) is 4.79 Å². The Balaban J connectivity index is 1.70. The number of anilines is 1. The molecular formula is C12H14ClN3O2. The zero-order valence-electron chi connectivity index (χ0n) is 9.70. The Kier molecular flexibility index (Phi) is 4.04. The van der Waals surface area contributed by atoms with Gasteiger partial charge in [0.25, 0.3) is 0 Å². The van der Waals surface area contributed by atoms with Gasteiger partial charge in [0.2, 0.25) is 5.91 Å². The van der Waals surface area contributed by atoms with E-state index in [-0.39, 0.29) is 12.5 Å². The molecule has 1 fully saturated rings. The van der Waals surface area contributed by atoms with Crippen LogP contribution in [0.3, 0.4) is 0 Å². The Hall–Kier alpha value is -1.75. The Labute approximate surface area is 110 Å². The molecule has 0 unspecified atom stereocenters. The molecule has 1 aromatic carbocycles. The van der Waals surface area contributed by atoms with Crippen LogP contribution in [0.4, 0.5) is 10.5 Å². The van der Waals surface area contributed by atoms with Crippen molar-refractivity contribution in [1.82, 2.24) is 10.6 Å². The van der Waals surface area contributed by atoms with Gasteiger partial charge in [0.1, 0.15) is 0 Å². The number of halogens is 1. The third kappa shape index (κ3) is 4.25. The molecule has 2 rings (SSSR count). The highest BCUT2D eigenvalue weighted by Gasteiger charge is 2.23. The van der Waals surface area contributed by atoms with Gasteiger partial charge in [-0.25, -0.2) is 4.79 Å². The maximum atomic E-state index is 11.5. The molecule has 3 amide bonds. The van der Waals surface area contributed by atoms with Gasteiger partial charge in [0.15, 0.2) is 0 Å². The fourth-order valence-corrected chi connectivity index (χ4v) is 1.50. The molecule has 3 N–H and O–H groups in total. The number of amides is 3. The topological polar surface area (TPSA) is 70.2 Å². The van der Waals surface area contributed by atoms with Crippen molar-refractivity contribution < 1.29 is 9.59 Å². The Morgan fingerprint density at radius 1 is 1.22 bits per heavy atom. The summed E-state index contributed by atoms with van der Waals surface area (Å²) in [7, 11) is 0. The van der Waals surface area contributed by atoms with E-state index in [1.807, 2.05) is 0 Å². The lowest BCUT2D eigenvalue weighted by molar-refractivity contribution is -0.120. The van der Waals surface area contributed by atoms with Gasteiger partial charge in [-0.1, -0.05) is 11.6 Å². The second-order valence-electron chi connectivity index (χ2n) is 4.16. The Bertz CT molecular complexity index is 443. The zero-order valence-corrected chi connectivity index (χ0v) is 10.5. The molecule has 1 saturated carbocycles. The summed E-state index contributed by atoms with van der Waals surface area (Å²) in [5, 5.41) is 8.47. The molecule has 0 radical (unpaired) electrons. The summed E-state index contributed by atoms with van der Waals surface area (Å²) in [4.78, 5) is 22.8. The molecule has 0 atom stereocenters. The predicted molar refractivity (Wildman–Crippen MR) is 69.6 cm³/mol. The van der Waals surface area contributed by atoms with Crippen LogP contribution in [0.5, 0.6) is 0 Å². The summed E-state index contributed by atoms with van der Waals surface area (Å²) in [6.45, 7) is -0.0179. The number of hydrogen-bond acceptors (Lipinski definition) is 2. The van der Waals surface area contributed by atoms with Crippen LogP contribution in [-0.2, 0) is 4.79 Å². The normalized spacial score (nSPS) is 13.8. The van der Waals surface area contributed by atoms with Crippen molar-refractivity contribution in [3.63, 3.8) is 0 Å². The lowest BCUT2D eigenvalue weighted by Gasteiger charge is -2.07. The van der Waals surface area contributed by atoms with Crippen LogP contribution < -0.4 is 16.0 Å². The molecule has 0 aromatic heterocycles. The van der Waals surface area contributed by atoms with Gasteiger partial charge in [-0.05, 0) is 37.1 Å². The van der Waals surface area contributed by atoms with Gasteiger partial charge in [0, 0.05) is 16.8 Å². The molecule has 18 heavy (non-hydrogen) atoms. The van der Waals surface area contributed by atoms with Crippen LogP contribution in [0.25, 0.3) is 0 Å². The number of hydrogen-bond donors (Lipinski definition) is 3.